The van der Waals surface area contributed by atoms with Gasteiger partial charge in [-0.3, -0.25) is 0 Å². The zero-order chi connectivity index (χ0) is 23.1. The lowest BCUT2D eigenvalue weighted by atomic mass is 10.0. The van der Waals surface area contributed by atoms with Crippen molar-refractivity contribution in [3.63, 3.8) is 0 Å². The van der Waals surface area contributed by atoms with E-state index in [1.807, 2.05) is 6.92 Å². The Morgan fingerprint density at radius 1 is 0.812 bits per heavy atom. The summed E-state index contributed by atoms with van der Waals surface area (Å²) in [5, 5.41) is 0.628. The van der Waals surface area contributed by atoms with Crippen LogP contribution in [0.2, 0.25) is 0 Å². The van der Waals surface area contributed by atoms with Crippen LogP contribution in [0, 0.1) is 0 Å². The monoisotopic (exact) mass is 472 g/mol. The third kappa shape index (κ3) is 18.2. The van der Waals surface area contributed by atoms with Crippen molar-refractivity contribution >= 4 is 17.3 Å². The van der Waals surface area contributed by atoms with E-state index in [9.17, 15) is 0 Å². The molecule has 1 aliphatic heterocycles. The molecule has 1 aliphatic rings. The maximum absolute atomic E-state index is 5.88. The minimum atomic E-state index is -0.139. The van der Waals surface area contributed by atoms with E-state index in [2.05, 4.69) is 6.92 Å². The normalized spacial score (nSPS) is 17.4. The first-order chi connectivity index (χ1) is 15.8. The van der Waals surface area contributed by atoms with E-state index in [0.29, 0.717) is 18.3 Å². The Bertz CT molecular complexity index is 412. The molecule has 0 N–H and O–H groups in total. The molecular weight excluding hydrogens is 420 g/mol. The van der Waals surface area contributed by atoms with Crippen molar-refractivity contribution in [2.24, 2.45) is 0 Å². The first-order valence-electron chi connectivity index (χ1n) is 13.8. The van der Waals surface area contributed by atoms with Crippen molar-refractivity contribution in [3.05, 3.63) is 0 Å². The minimum absolute atomic E-state index is 0.101. The average molecular weight is 473 g/mol. The molecule has 0 bridgehead atoms. The van der Waals surface area contributed by atoms with Crippen molar-refractivity contribution in [2.45, 2.75) is 142 Å². The SMILES string of the molecule is CCCCCCCCCCCCCCCCOC[C@H](COC1CCCCO1)OC(=S)CC. The maximum atomic E-state index is 5.88. The lowest BCUT2D eigenvalue weighted by Crippen LogP contribution is -2.32. The van der Waals surface area contributed by atoms with Gasteiger partial charge in [0.15, 0.2) is 11.3 Å². The molecule has 0 spiro atoms. The summed E-state index contributed by atoms with van der Waals surface area (Å²) in [5.74, 6) is 0. The molecule has 1 rings (SSSR count). The van der Waals surface area contributed by atoms with Crippen LogP contribution in [-0.2, 0) is 18.9 Å². The van der Waals surface area contributed by atoms with Gasteiger partial charge in [-0.1, -0.05) is 97.3 Å². The van der Waals surface area contributed by atoms with Gasteiger partial charge in [0.05, 0.1) is 13.2 Å². The standard InChI is InChI=1S/C27H52O4S/c1-3-5-6-7-8-9-10-11-12-13-14-15-16-18-21-28-23-25(31-27(32)4-2)24-30-26-20-17-19-22-29-26/h25-26H,3-24H2,1-2H3/t25-,26?/m1/s1. The number of unbranched alkanes of at least 4 members (excludes halogenated alkanes) is 13. The van der Waals surface area contributed by atoms with Gasteiger partial charge >= 0.3 is 0 Å². The molecule has 1 unspecified atom stereocenters. The minimum Gasteiger partial charge on any atom is -0.479 e. The molecule has 1 saturated heterocycles. The average Bonchev–Trinajstić information content (AvgIpc) is 2.82. The fourth-order valence-electron chi connectivity index (χ4n) is 4.06. The van der Waals surface area contributed by atoms with Gasteiger partial charge in [0.2, 0.25) is 0 Å². The van der Waals surface area contributed by atoms with Gasteiger partial charge in [-0.2, -0.15) is 0 Å². The Kier molecular flexibility index (Phi) is 21.0. The lowest BCUT2D eigenvalue weighted by Gasteiger charge is -2.26. The predicted octanol–water partition coefficient (Wildman–Crippen LogP) is 8.15. The van der Waals surface area contributed by atoms with Crippen molar-refractivity contribution in [3.8, 4) is 0 Å². The van der Waals surface area contributed by atoms with E-state index < -0.39 is 0 Å². The molecule has 0 radical (unpaired) electrons. The topological polar surface area (TPSA) is 36.9 Å². The highest BCUT2D eigenvalue weighted by atomic mass is 32.1. The molecule has 0 aromatic carbocycles. The Labute approximate surface area is 204 Å². The number of ether oxygens (including phenoxy) is 4. The van der Waals surface area contributed by atoms with Gasteiger partial charge in [-0.05, 0) is 37.9 Å². The van der Waals surface area contributed by atoms with E-state index >= 15 is 0 Å². The molecule has 0 aromatic rings. The zero-order valence-corrected chi connectivity index (χ0v) is 22.1. The number of hydrogen-bond acceptors (Lipinski definition) is 5. The Hall–Kier alpha value is -0.230. The number of rotatable bonds is 22. The highest BCUT2D eigenvalue weighted by Gasteiger charge is 2.18. The molecule has 5 heteroatoms. The van der Waals surface area contributed by atoms with Crippen LogP contribution in [0.25, 0.3) is 0 Å². The Balaban J connectivity index is 1.93. The van der Waals surface area contributed by atoms with Gasteiger partial charge in [0.25, 0.3) is 0 Å². The van der Waals surface area contributed by atoms with Crippen LogP contribution < -0.4 is 0 Å². The second-order valence-corrected chi connectivity index (χ2v) is 9.72. The smallest absolute Gasteiger partial charge is 0.160 e. The number of hydrogen-bond donors (Lipinski definition) is 0. The third-order valence-corrected chi connectivity index (χ3v) is 6.52. The molecule has 4 nitrogen and oxygen atoms in total. The summed E-state index contributed by atoms with van der Waals surface area (Å²) in [7, 11) is 0. The first-order valence-corrected chi connectivity index (χ1v) is 14.2. The van der Waals surface area contributed by atoms with E-state index in [1.54, 1.807) is 0 Å². The van der Waals surface area contributed by atoms with Gasteiger partial charge in [-0.25, -0.2) is 0 Å². The van der Waals surface area contributed by atoms with E-state index in [4.69, 9.17) is 31.2 Å². The van der Waals surface area contributed by atoms with Crippen LogP contribution in [0.1, 0.15) is 129 Å². The van der Waals surface area contributed by atoms with Crippen LogP contribution in [0.15, 0.2) is 0 Å². The van der Waals surface area contributed by atoms with Gasteiger partial charge < -0.3 is 18.9 Å². The lowest BCUT2D eigenvalue weighted by molar-refractivity contribution is -0.177. The molecule has 32 heavy (non-hydrogen) atoms. The van der Waals surface area contributed by atoms with E-state index in [0.717, 1.165) is 38.9 Å². The molecule has 0 amide bonds. The summed E-state index contributed by atoms with van der Waals surface area (Å²) in [6.45, 7) is 6.89. The highest BCUT2D eigenvalue weighted by molar-refractivity contribution is 7.80. The molecule has 1 fully saturated rings. The van der Waals surface area contributed by atoms with Crippen LogP contribution in [0.4, 0.5) is 0 Å². The predicted molar refractivity (Wildman–Crippen MR) is 138 cm³/mol. The summed E-state index contributed by atoms with van der Waals surface area (Å²) in [6, 6.07) is 0. The second kappa shape index (κ2) is 22.6. The van der Waals surface area contributed by atoms with Crippen LogP contribution >= 0.6 is 12.2 Å². The summed E-state index contributed by atoms with van der Waals surface area (Å²) in [6.07, 6.45) is 23.0. The third-order valence-electron chi connectivity index (χ3n) is 6.14. The summed E-state index contributed by atoms with van der Waals surface area (Å²) < 4.78 is 23.2. The number of thiocarbonyl (C=S) groups is 1. The van der Waals surface area contributed by atoms with E-state index in [-0.39, 0.29) is 12.4 Å². The van der Waals surface area contributed by atoms with Crippen molar-refractivity contribution in [1.29, 1.82) is 0 Å². The molecule has 2 atom stereocenters. The Morgan fingerprint density at radius 2 is 1.41 bits per heavy atom. The molecular formula is C27H52O4S. The summed E-state index contributed by atoms with van der Waals surface area (Å²) >= 11 is 5.25. The molecule has 0 aromatic heterocycles. The second-order valence-electron chi connectivity index (χ2n) is 9.27. The van der Waals surface area contributed by atoms with Crippen molar-refractivity contribution < 1.29 is 18.9 Å². The van der Waals surface area contributed by atoms with Gasteiger partial charge in [-0.15, -0.1) is 0 Å². The van der Waals surface area contributed by atoms with Crippen molar-refractivity contribution in [1.82, 2.24) is 0 Å². The van der Waals surface area contributed by atoms with Gasteiger partial charge in [0.1, 0.15) is 6.10 Å². The summed E-state index contributed by atoms with van der Waals surface area (Å²) in [5.41, 5.74) is 0. The largest absolute Gasteiger partial charge is 0.479 e. The Morgan fingerprint density at radius 3 is 1.94 bits per heavy atom. The van der Waals surface area contributed by atoms with Crippen LogP contribution in [0.5, 0.6) is 0 Å². The molecule has 0 saturated carbocycles. The molecule has 190 valence electrons. The maximum Gasteiger partial charge on any atom is 0.160 e. The van der Waals surface area contributed by atoms with Crippen LogP contribution in [-0.4, -0.2) is 43.9 Å². The fraction of sp³-hybridized carbons (Fsp3) is 0.963. The van der Waals surface area contributed by atoms with Gasteiger partial charge in [0, 0.05) is 19.6 Å². The zero-order valence-electron chi connectivity index (χ0n) is 21.3. The molecule has 0 aliphatic carbocycles. The highest BCUT2D eigenvalue weighted by Crippen LogP contribution is 2.15. The summed E-state index contributed by atoms with van der Waals surface area (Å²) in [4.78, 5) is 0. The first kappa shape index (κ1) is 29.8. The molecule has 1 heterocycles. The quantitative estimate of drug-likeness (QED) is 0.117. The fourth-order valence-corrected chi connectivity index (χ4v) is 4.19. The van der Waals surface area contributed by atoms with E-state index in [1.165, 1.54) is 89.9 Å². The van der Waals surface area contributed by atoms with Crippen molar-refractivity contribution in [2.75, 3.05) is 26.4 Å². The van der Waals surface area contributed by atoms with Crippen LogP contribution in [0.3, 0.4) is 0 Å².